The highest BCUT2D eigenvalue weighted by atomic mass is 16.5. The minimum Gasteiger partial charge on any atom is -0.497 e. The molecule has 2 aromatic rings. The first-order valence-electron chi connectivity index (χ1n) is 6.54. The Morgan fingerprint density at radius 3 is 2.74 bits per heavy atom. The zero-order chi connectivity index (χ0) is 13.5. The highest BCUT2D eigenvalue weighted by molar-refractivity contribution is 5.27. The van der Waals surface area contributed by atoms with Crippen LogP contribution in [0, 0.1) is 0 Å². The number of rotatable bonds is 7. The molecular weight excluding hydrogens is 240 g/mol. The number of aryl methyl sites for hydroxylation is 1. The van der Waals surface area contributed by atoms with Gasteiger partial charge in [0.05, 0.1) is 19.5 Å². The molecule has 102 valence electrons. The number of imidazole rings is 1. The van der Waals surface area contributed by atoms with Crippen molar-refractivity contribution in [1.82, 2.24) is 9.55 Å². The van der Waals surface area contributed by atoms with E-state index in [1.165, 1.54) is 5.56 Å². The lowest BCUT2D eigenvalue weighted by Crippen LogP contribution is -2.15. The molecule has 19 heavy (non-hydrogen) atoms. The quantitative estimate of drug-likeness (QED) is 0.830. The second-order valence-electron chi connectivity index (χ2n) is 4.65. The van der Waals surface area contributed by atoms with Crippen molar-refractivity contribution in [2.75, 3.05) is 7.11 Å². The molecule has 0 fully saturated rings. The maximum atomic E-state index is 9.91. The summed E-state index contributed by atoms with van der Waals surface area (Å²) in [6, 6.07) is 8.08. The van der Waals surface area contributed by atoms with Crippen molar-refractivity contribution in [3.8, 4) is 5.75 Å². The molecule has 0 spiro atoms. The molecule has 4 nitrogen and oxygen atoms in total. The number of hydrogen-bond donors (Lipinski definition) is 1. The summed E-state index contributed by atoms with van der Waals surface area (Å²) in [5.41, 5.74) is 1.27. The lowest BCUT2D eigenvalue weighted by atomic mass is 10.1. The van der Waals surface area contributed by atoms with E-state index in [9.17, 15) is 5.11 Å². The molecule has 0 amide bonds. The maximum absolute atomic E-state index is 9.91. The number of aliphatic hydroxyl groups excluding tert-OH is 1. The van der Waals surface area contributed by atoms with Crippen molar-refractivity contribution >= 4 is 0 Å². The van der Waals surface area contributed by atoms with Crippen LogP contribution in [0.5, 0.6) is 5.75 Å². The fourth-order valence-corrected chi connectivity index (χ4v) is 2.06. The lowest BCUT2D eigenvalue weighted by Gasteiger charge is -2.11. The summed E-state index contributed by atoms with van der Waals surface area (Å²) in [5, 5.41) is 9.91. The molecule has 0 aliphatic carbocycles. The van der Waals surface area contributed by atoms with Crippen molar-refractivity contribution < 1.29 is 9.84 Å². The van der Waals surface area contributed by atoms with Gasteiger partial charge in [0.15, 0.2) is 0 Å². The van der Waals surface area contributed by atoms with Crippen LogP contribution < -0.4 is 4.74 Å². The summed E-state index contributed by atoms with van der Waals surface area (Å²) < 4.78 is 7.02. The molecule has 0 radical (unpaired) electrons. The summed E-state index contributed by atoms with van der Waals surface area (Å²) in [6.45, 7) is 0.614. The first-order valence-corrected chi connectivity index (χ1v) is 6.54. The van der Waals surface area contributed by atoms with Gasteiger partial charge in [-0.25, -0.2) is 4.98 Å². The van der Waals surface area contributed by atoms with Crippen LogP contribution in [0.1, 0.15) is 18.4 Å². The third-order valence-electron chi connectivity index (χ3n) is 3.14. The van der Waals surface area contributed by atoms with Gasteiger partial charge in [0.25, 0.3) is 0 Å². The fraction of sp³-hybridized carbons (Fsp3) is 0.400. The summed E-state index contributed by atoms with van der Waals surface area (Å²) >= 11 is 0. The van der Waals surface area contributed by atoms with Crippen LogP contribution >= 0.6 is 0 Å². The Balaban J connectivity index is 1.70. The van der Waals surface area contributed by atoms with Gasteiger partial charge in [-0.1, -0.05) is 12.1 Å². The minimum atomic E-state index is -0.313. The molecule has 1 heterocycles. The van der Waals surface area contributed by atoms with Gasteiger partial charge in [-0.2, -0.15) is 0 Å². The molecule has 0 bridgehead atoms. The molecule has 0 saturated heterocycles. The second kappa shape index (κ2) is 6.95. The van der Waals surface area contributed by atoms with E-state index < -0.39 is 0 Å². The molecule has 0 aliphatic heterocycles. The van der Waals surface area contributed by atoms with Crippen LogP contribution in [0.15, 0.2) is 43.0 Å². The molecule has 0 aliphatic rings. The van der Waals surface area contributed by atoms with Crippen molar-refractivity contribution in [1.29, 1.82) is 0 Å². The SMILES string of the molecule is COc1ccc(CCCC(O)Cn2ccnc2)cc1. The van der Waals surface area contributed by atoms with E-state index in [1.54, 1.807) is 19.6 Å². The zero-order valence-corrected chi connectivity index (χ0v) is 11.2. The van der Waals surface area contributed by atoms with Crippen molar-refractivity contribution in [2.24, 2.45) is 0 Å². The number of nitrogens with zero attached hydrogens (tertiary/aromatic N) is 2. The normalized spacial score (nSPS) is 12.3. The highest BCUT2D eigenvalue weighted by Crippen LogP contribution is 2.14. The van der Waals surface area contributed by atoms with Gasteiger partial charge in [0.2, 0.25) is 0 Å². The predicted molar refractivity (Wildman–Crippen MR) is 74.2 cm³/mol. The van der Waals surface area contributed by atoms with Crippen LogP contribution in [-0.4, -0.2) is 27.9 Å². The van der Waals surface area contributed by atoms with E-state index in [0.29, 0.717) is 6.54 Å². The van der Waals surface area contributed by atoms with Gasteiger partial charge >= 0.3 is 0 Å². The molecule has 4 heteroatoms. The number of hydrogen-bond acceptors (Lipinski definition) is 3. The van der Waals surface area contributed by atoms with Crippen molar-refractivity contribution in [2.45, 2.75) is 31.9 Å². The topological polar surface area (TPSA) is 47.3 Å². The monoisotopic (exact) mass is 260 g/mol. The molecule has 1 aromatic heterocycles. The summed E-state index contributed by atoms with van der Waals surface area (Å²) in [4.78, 5) is 3.96. The van der Waals surface area contributed by atoms with Gasteiger partial charge < -0.3 is 14.4 Å². The molecule has 1 atom stereocenters. The van der Waals surface area contributed by atoms with E-state index in [1.807, 2.05) is 22.9 Å². The average Bonchev–Trinajstić information content (AvgIpc) is 2.92. The Bertz CT molecular complexity index is 465. The summed E-state index contributed by atoms with van der Waals surface area (Å²) in [7, 11) is 1.67. The first kappa shape index (κ1) is 13.6. The number of aliphatic hydroxyl groups is 1. The van der Waals surface area contributed by atoms with Gasteiger partial charge in [0.1, 0.15) is 5.75 Å². The summed E-state index contributed by atoms with van der Waals surface area (Å²) in [5.74, 6) is 0.879. The predicted octanol–water partition coefficient (Wildman–Crippen LogP) is 2.28. The Morgan fingerprint density at radius 1 is 1.32 bits per heavy atom. The van der Waals surface area contributed by atoms with Gasteiger partial charge in [-0.15, -0.1) is 0 Å². The van der Waals surface area contributed by atoms with Crippen LogP contribution in [0.25, 0.3) is 0 Å². The standard InChI is InChI=1S/C15H20N2O2/c1-19-15-7-5-13(6-8-15)3-2-4-14(18)11-17-10-9-16-12-17/h5-10,12,14,18H,2-4,11H2,1H3. The molecular formula is C15H20N2O2. The van der Waals surface area contributed by atoms with Gasteiger partial charge in [0, 0.05) is 18.9 Å². The van der Waals surface area contributed by atoms with Gasteiger partial charge in [-0.3, -0.25) is 0 Å². The molecule has 1 N–H and O–H groups in total. The Labute approximate surface area is 113 Å². The van der Waals surface area contributed by atoms with Crippen LogP contribution in [0.4, 0.5) is 0 Å². The summed E-state index contributed by atoms with van der Waals surface area (Å²) in [6.07, 6.45) is 7.76. The van der Waals surface area contributed by atoms with E-state index in [0.717, 1.165) is 25.0 Å². The van der Waals surface area contributed by atoms with Crippen LogP contribution in [0.3, 0.4) is 0 Å². The second-order valence-corrected chi connectivity index (χ2v) is 4.65. The molecule has 1 aromatic carbocycles. The Hall–Kier alpha value is -1.81. The van der Waals surface area contributed by atoms with E-state index in [-0.39, 0.29) is 6.10 Å². The Kier molecular flexibility index (Phi) is 4.98. The highest BCUT2D eigenvalue weighted by Gasteiger charge is 2.05. The minimum absolute atomic E-state index is 0.313. The third kappa shape index (κ3) is 4.41. The number of aromatic nitrogens is 2. The number of ether oxygens (including phenoxy) is 1. The van der Waals surface area contributed by atoms with Crippen LogP contribution in [-0.2, 0) is 13.0 Å². The number of methoxy groups -OCH3 is 1. The van der Waals surface area contributed by atoms with E-state index in [4.69, 9.17) is 4.74 Å². The molecule has 2 rings (SSSR count). The lowest BCUT2D eigenvalue weighted by molar-refractivity contribution is 0.142. The third-order valence-corrected chi connectivity index (χ3v) is 3.14. The number of benzene rings is 1. The molecule has 1 unspecified atom stereocenters. The largest absolute Gasteiger partial charge is 0.497 e. The molecule has 0 saturated carbocycles. The average molecular weight is 260 g/mol. The zero-order valence-electron chi connectivity index (χ0n) is 11.2. The first-order chi connectivity index (χ1) is 9.28. The van der Waals surface area contributed by atoms with Crippen molar-refractivity contribution in [3.63, 3.8) is 0 Å². The Morgan fingerprint density at radius 2 is 2.11 bits per heavy atom. The smallest absolute Gasteiger partial charge is 0.118 e. The maximum Gasteiger partial charge on any atom is 0.118 e. The van der Waals surface area contributed by atoms with Gasteiger partial charge in [-0.05, 0) is 37.0 Å². The van der Waals surface area contributed by atoms with Crippen molar-refractivity contribution in [3.05, 3.63) is 48.5 Å². The fourth-order valence-electron chi connectivity index (χ4n) is 2.06. The van der Waals surface area contributed by atoms with E-state index in [2.05, 4.69) is 17.1 Å². The van der Waals surface area contributed by atoms with Crippen LogP contribution in [0.2, 0.25) is 0 Å². The van der Waals surface area contributed by atoms with E-state index >= 15 is 0 Å².